The van der Waals surface area contributed by atoms with Crippen molar-refractivity contribution in [1.82, 2.24) is 10.2 Å². The molecule has 2 amide bonds. The van der Waals surface area contributed by atoms with Crippen molar-refractivity contribution in [2.75, 3.05) is 13.1 Å². The molecule has 1 atom stereocenters. The van der Waals surface area contributed by atoms with Gasteiger partial charge >= 0.3 is 0 Å². The summed E-state index contributed by atoms with van der Waals surface area (Å²) in [5.74, 6) is 0.215. The fourth-order valence-corrected chi connectivity index (χ4v) is 3.98. The van der Waals surface area contributed by atoms with Gasteiger partial charge in [0.25, 0.3) is 5.91 Å². The van der Waals surface area contributed by atoms with E-state index in [2.05, 4.69) is 29.6 Å². The predicted molar refractivity (Wildman–Crippen MR) is 115 cm³/mol. The van der Waals surface area contributed by atoms with Crippen molar-refractivity contribution in [1.29, 1.82) is 0 Å². The third-order valence-electron chi connectivity index (χ3n) is 5.69. The molecule has 1 N–H and O–H groups in total. The molecule has 0 aliphatic carbocycles. The van der Waals surface area contributed by atoms with Gasteiger partial charge in [-0.2, -0.15) is 0 Å². The number of nitrogens with one attached hydrogen (secondary N) is 1. The first-order valence-electron chi connectivity index (χ1n) is 10.4. The molecule has 154 valence electrons. The zero-order valence-corrected chi connectivity index (χ0v) is 16.9. The largest absolute Gasteiger partial charge is 0.459 e. The number of carbonyl (C=O) groups excluding carboxylic acids is 2. The average Bonchev–Trinajstić information content (AvgIpc) is 3.34. The molecule has 1 saturated heterocycles. The van der Waals surface area contributed by atoms with E-state index in [1.165, 1.54) is 11.8 Å². The molecule has 1 aromatic heterocycles. The summed E-state index contributed by atoms with van der Waals surface area (Å²) in [6.45, 7) is 1.12. The lowest BCUT2D eigenvalue weighted by Crippen LogP contribution is -2.43. The molecule has 5 nitrogen and oxygen atoms in total. The molecule has 2 aromatic carbocycles. The van der Waals surface area contributed by atoms with Crippen molar-refractivity contribution in [2.45, 2.75) is 25.3 Å². The van der Waals surface area contributed by atoms with E-state index < -0.39 is 0 Å². The quantitative estimate of drug-likeness (QED) is 0.671. The Morgan fingerprint density at radius 1 is 0.933 bits per heavy atom. The highest BCUT2D eigenvalue weighted by Gasteiger charge is 2.30. The van der Waals surface area contributed by atoms with Crippen LogP contribution in [-0.2, 0) is 11.2 Å². The second-order valence-corrected chi connectivity index (χ2v) is 7.71. The maximum Gasteiger partial charge on any atom is 0.289 e. The summed E-state index contributed by atoms with van der Waals surface area (Å²) in [4.78, 5) is 27.2. The van der Waals surface area contributed by atoms with Gasteiger partial charge in [0.15, 0.2) is 5.76 Å². The fraction of sp³-hybridized carbons (Fsp3) is 0.280. The normalized spacial score (nSPS) is 15.5. The number of hydrogen-bond donors (Lipinski definition) is 1. The van der Waals surface area contributed by atoms with Crippen LogP contribution in [0.2, 0.25) is 0 Å². The van der Waals surface area contributed by atoms with E-state index in [0.717, 1.165) is 12.0 Å². The van der Waals surface area contributed by atoms with Gasteiger partial charge in [-0.3, -0.25) is 9.59 Å². The molecule has 0 unspecified atom stereocenters. The minimum atomic E-state index is -0.106. The molecule has 4 rings (SSSR count). The number of nitrogens with zero attached hydrogens (tertiary/aromatic N) is 1. The standard InChI is InChI=1S/C25H26N2O3/c28-24(21-13-15-27(16-14-21)25(29)23-12-7-17-30-23)26-22(20-10-5-2-6-11-20)18-19-8-3-1-4-9-19/h1-12,17,21-22H,13-16,18H2,(H,26,28)/t22-/m1/s1. The summed E-state index contributed by atoms with van der Waals surface area (Å²) in [5, 5.41) is 3.26. The zero-order valence-electron chi connectivity index (χ0n) is 16.9. The van der Waals surface area contributed by atoms with Gasteiger partial charge in [-0.25, -0.2) is 0 Å². The molecule has 3 aromatic rings. The summed E-state index contributed by atoms with van der Waals surface area (Å²) in [7, 11) is 0. The topological polar surface area (TPSA) is 62.6 Å². The molecular weight excluding hydrogens is 376 g/mol. The first-order chi connectivity index (χ1) is 14.7. The van der Waals surface area contributed by atoms with Gasteiger partial charge in [0.2, 0.25) is 5.91 Å². The Morgan fingerprint density at radius 3 is 2.23 bits per heavy atom. The van der Waals surface area contributed by atoms with Crippen LogP contribution >= 0.6 is 0 Å². The van der Waals surface area contributed by atoms with Crippen molar-refractivity contribution in [3.63, 3.8) is 0 Å². The number of amides is 2. The maximum atomic E-state index is 13.0. The number of furan rings is 1. The molecule has 0 spiro atoms. The minimum absolute atomic E-state index is 0.0601. The Balaban J connectivity index is 1.39. The van der Waals surface area contributed by atoms with Gasteiger partial charge in [0.1, 0.15) is 0 Å². The van der Waals surface area contributed by atoms with Crippen LogP contribution in [0.3, 0.4) is 0 Å². The van der Waals surface area contributed by atoms with E-state index in [9.17, 15) is 9.59 Å². The van der Waals surface area contributed by atoms with Crippen molar-refractivity contribution in [3.05, 3.63) is 95.9 Å². The third-order valence-corrected chi connectivity index (χ3v) is 5.69. The number of rotatable bonds is 6. The van der Waals surface area contributed by atoms with E-state index >= 15 is 0 Å². The van der Waals surface area contributed by atoms with Crippen LogP contribution in [0.25, 0.3) is 0 Å². The van der Waals surface area contributed by atoms with E-state index in [0.29, 0.717) is 31.7 Å². The van der Waals surface area contributed by atoms with Gasteiger partial charge in [0, 0.05) is 19.0 Å². The number of benzene rings is 2. The van der Waals surface area contributed by atoms with E-state index in [1.807, 2.05) is 36.4 Å². The van der Waals surface area contributed by atoms with Crippen molar-refractivity contribution in [2.24, 2.45) is 5.92 Å². The average molecular weight is 402 g/mol. The highest BCUT2D eigenvalue weighted by molar-refractivity contribution is 5.91. The summed E-state index contributed by atoms with van der Waals surface area (Å²) in [5.41, 5.74) is 2.28. The van der Waals surface area contributed by atoms with E-state index in [1.54, 1.807) is 17.0 Å². The van der Waals surface area contributed by atoms with Gasteiger partial charge in [-0.15, -0.1) is 0 Å². The molecule has 0 bridgehead atoms. The Hall–Kier alpha value is -3.34. The van der Waals surface area contributed by atoms with Crippen LogP contribution in [0.4, 0.5) is 0 Å². The van der Waals surface area contributed by atoms with Gasteiger partial charge in [0.05, 0.1) is 12.3 Å². The molecule has 5 heteroatoms. The van der Waals surface area contributed by atoms with Gasteiger partial charge in [-0.05, 0) is 42.5 Å². The molecule has 1 aliphatic rings. The molecule has 30 heavy (non-hydrogen) atoms. The molecule has 2 heterocycles. The van der Waals surface area contributed by atoms with Crippen molar-refractivity contribution in [3.8, 4) is 0 Å². The van der Waals surface area contributed by atoms with Crippen LogP contribution in [0, 0.1) is 5.92 Å². The number of carbonyl (C=O) groups is 2. The second kappa shape index (κ2) is 9.44. The van der Waals surface area contributed by atoms with Crippen LogP contribution in [0.1, 0.15) is 40.6 Å². The maximum absolute atomic E-state index is 13.0. The van der Waals surface area contributed by atoms with E-state index in [4.69, 9.17) is 4.42 Å². The summed E-state index contributed by atoms with van der Waals surface area (Å²) in [6.07, 6.45) is 3.56. The monoisotopic (exact) mass is 402 g/mol. The van der Waals surface area contributed by atoms with Crippen molar-refractivity contribution < 1.29 is 14.0 Å². The lowest BCUT2D eigenvalue weighted by molar-refractivity contribution is -0.127. The highest BCUT2D eigenvalue weighted by Crippen LogP contribution is 2.23. The SMILES string of the molecule is O=C(N[C@H](Cc1ccccc1)c1ccccc1)C1CCN(C(=O)c2ccco2)CC1. The summed E-state index contributed by atoms with van der Waals surface area (Å²) < 4.78 is 5.21. The molecule has 1 aliphatic heterocycles. The van der Waals surface area contributed by atoms with Crippen molar-refractivity contribution >= 4 is 11.8 Å². The Labute approximate surface area is 176 Å². The predicted octanol–water partition coefficient (Wildman–Crippen LogP) is 4.23. The Bertz CT molecular complexity index is 947. The van der Waals surface area contributed by atoms with Crippen LogP contribution < -0.4 is 5.32 Å². The molecule has 0 saturated carbocycles. The molecular formula is C25H26N2O3. The molecule has 1 fully saturated rings. The fourth-order valence-electron chi connectivity index (χ4n) is 3.98. The summed E-state index contributed by atoms with van der Waals surface area (Å²) in [6, 6.07) is 23.6. The van der Waals surface area contributed by atoms with Crippen LogP contribution in [0.5, 0.6) is 0 Å². The first-order valence-corrected chi connectivity index (χ1v) is 10.4. The summed E-state index contributed by atoms with van der Waals surface area (Å²) >= 11 is 0. The Morgan fingerprint density at radius 2 is 1.60 bits per heavy atom. The number of hydrogen-bond acceptors (Lipinski definition) is 3. The van der Waals surface area contributed by atoms with Crippen LogP contribution in [-0.4, -0.2) is 29.8 Å². The Kier molecular flexibility index (Phi) is 6.28. The molecule has 0 radical (unpaired) electrons. The second-order valence-electron chi connectivity index (χ2n) is 7.71. The number of piperidine rings is 1. The lowest BCUT2D eigenvalue weighted by Gasteiger charge is -2.32. The van der Waals surface area contributed by atoms with Gasteiger partial charge < -0.3 is 14.6 Å². The first kappa shape index (κ1) is 20.0. The van der Waals surface area contributed by atoms with Crippen LogP contribution in [0.15, 0.2) is 83.5 Å². The van der Waals surface area contributed by atoms with Gasteiger partial charge in [-0.1, -0.05) is 60.7 Å². The smallest absolute Gasteiger partial charge is 0.289 e. The highest BCUT2D eigenvalue weighted by atomic mass is 16.3. The zero-order chi connectivity index (χ0) is 20.8. The third kappa shape index (κ3) is 4.79. The van der Waals surface area contributed by atoms with E-state index in [-0.39, 0.29) is 23.8 Å². The number of likely N-dealkylation sites (tertiary alicyclic amines) is 1. The lowest BCUT2D eigenvalue weighted by atomic mass is 9.93. The minimum Gasteiger partial charge on any atom is -0.459 e.